The Morgan fingerprint density at radius 1 is 1.22 bits per heavy atom. The number of sulfonamides is 1. The van der Waals surface area contributed by atoms with Crippen molar-refractivity contribution in [1.29, 1.82) is 0 Å². The molecule has 146 valence electrons. The number of benzene rings is 2. The van der Waals surface area contributed by atoms with E-state index >= 15 is 0 Å². The zero-order valence-electron chi connectivity index (χ0n) is 15.5. The van der Waals surface area contributed by atoms with E-state index in [4.69, 9.17) is 16.3 Å². The summed E-state index contributed by atoms with van der Waals surface area (Å²) in [7, 11) is -3.66. The van der Waals surface area contributed by atoms with Gasteiger partial charge >= 0.3 is 0 Å². The summed E-state index contributed by atoms with van der Waals surface area (Å²) < 4.78 is 31.0. The highest BCUT2D eigenvalue weighted by Crippen LogP contribution is 2.23. The molecule has 0 aliphatic carbocycles. The van der Waals surface area contributed by atoms with Crippen molar-refractivity contribution >= 4 is 33.2 Å². The molecule has 1 atom stereocenters. The monoisotopic (exact) mass is 410 g/mol. The maximum Gasteiger partial charge on any atom is 0.243 e. The third kappa shape index (κ3) is 6.15. The molecule has 27 heavy (non-hydrogen) atoms. The number of rotatable bonds is 8. The molecule has 1 amide bonds. The van der Waals surface area contributed by atoms with Crippen LogP contribution in [0.25, 0.3) is 0 Å². The lowest BCUT2D eigenvalue weighted by molar-refractivity contribution is -0.121. The first-order valence-corrected chi connectivity index (χ1v) is 10.6. The molecule has 0 bridgehead atoms. The molecule has 0 radical (unpaired) electrons. The summed E-state index contributed by atoms with van der Waals surface area (Å²) in [5.74, 6) is 0.305. The molecule has 2 aromatic carbocycles. The van der Waals surface area contributed by atoms with Crippen LogP contribution in [0.3, 0.4) is 0 Å². The molecule has 0 spiro atoms. The Bertz CT molecular complexity index is 885. The van der Waals surface area contributed by atoms with Crippen molar-refractivity contribution < 1.29 is 17.9 Å². The van der Waals surface area contributed by atoms with E-state index in [-0.39, 0.29) is 13.2 Å². The maximum atomic E-state index is 12.4. The second kappa shape index (κ2) is 9.10. The zero-order chi connectivity index (χ0) is 20.0. The van der Waals surface area contributed by atoms with Gasteiger partial charge in [-0.2, -0.15) is 0 Å². The summed E-state index contributed by atoms with van der Waals surface area (Å²) in [5.41, 5.74) is 1.46. The lowest BCUT2D eigenvalue weighted by Gasteiger charge is -2.28. The first kappa shape index (κ1) is 21.1. The molecule has 0 saturated heterocycles. The first-order valence-electron chi connectivity index (χ1n) is 8.40. The first-order chi connectivity index (χ1) is 12.7. The van der Waals surface area contributed by atoms with E-state index in [9.17, 15) is 13.2 Å². The fourth-order valence-electron chi connectivity index (χ4n) is 2.59. The van der Waals surface area contributed by atoms with Crippen LogP contribution < -0.4 is 14.4 Å². The van der Waals surface area contributed by atoms with Crippen LogP contribution in [0.2, 0.25) is 5.02 Å². The quantitative estimate of drug-likeness (QED) is 0.679. The Morgan fingerprint density at radius 2 is 1.89 bits per heavy atom. The van der Waals surface area contributed by atoms with Gasteiger partial charge in [-0.1, -0.05) is 23.7 Å². The van der Waals surface area contributed by atoms with Gasteiger partial charge in [-0.05, 0) is 55.8 Å². The van der Waals surface area contributed by atoms with Crippen LogP contribution >= 0.6 is 11.6 Å². The average Bonchev–Trinajstić information content (AvgIpc) is 2.59. The van der Waals surface area contributed by atoms with Crippen molar-refractivity contribution in [3.63, 3.8) is 0 Å². The number of hydrogen-bond donors (Lipinski definition) is 1. The Kier molecular flexibility index (Phi) is 7.10. The SMILES string of the molecule is Cc1cccc(OCCNC(=O)C(C)N(c2ccc(Cl)cc2)S(C)(=O)=O)c1. The number of nitrogens with zero attached hydrogens (tertiary/aromatic N) is 1. The number of aryl methyl sites for hydroxylation is 1. The van der Waals surface area contributed by atoms with Gasteiger partial charge in [0.1, 0.15) is 18.4 Å². The third-order valence-corrected chi connectivity index (χ3v) is 5.32. The van der Waals surface area contributed by atoms with Crippen LogP contribution in [-0.2, 0) is 14.8 Å². The second-order valence-corrected chi connectivity index (χ2v) is 8.46. The van der Waals surface area contributed by atoms with E-state index in [1.165, 1.54) is 6.92 Å². The fraction of sp³-hybridized carbons (Fsp3) is 0.316. The van der Waals surface area contributed by atoms with Crippen LogP contribution in [-0.4, -0.2) is 39.8 Å². The number of halogens is 1. The minimum Gasteiger partial charge on any atom is -0.492 e. The fourth-order valence-corrected chi connectivity index (χ4v) is 3.89. The third-order valence-electron chi connectivity index (χ3n) is 3.83. The molecule has 0 aromatic heterocycles. The molecule has 1 N–H and O–H groups in total. The van der Waals surface area contributed by atoms with Gasteiger partial charge < -0.3 is 10.1 Å². The summed E-state index contributed by atoms with van der Waals surface area (Å²) in [6.45, 7) is 4.04. The lowest BCUT2D eigenvalue weighted by atomic mass is 10.2. The summed E-state index contributed by atoms with van der Waals surface area (Å²) in [6.07, 6.45) is 1.06. The molecule has 0 fully saturated rings. The average molecular weight is 411 g/mol. The van der Waals surface area contributed by atoms with E-state index < -0.39 is 22.0 Å². The van der Waals surface area contributed by atoms with Gasteiger partial charge in [-0.15, -0.1) is 0 Å². The van der Waals surface area contributed by atoms with E-state index in [1.54, 1.807) is 24.3 Å². The van der Waals surface area contributed by atoms with E-state index in [1.807, 2.05) is 31.2 Å². The molecule has 0 saturated carbocycles. The predicted molar refractivity (Wildman–Crippen MR) is 108 cm³/mol. The largest absolute Gasteiger partial charge is 0.492 e. The standard InChI is InChI=1S/C19H23ClN2O4S/c1-14-5-4-6-18(13-14)26-12-11-21-19(23)15(2)22(27(3,24)25)17-9-7-16(20)8-10-17/h4-10,13,15H,11-12H2,1-3H3,(H,21,23). The van der Waals surface area contributed by atoms with Gasteiger partial charge in [0.15, 0.2) is 0 Å². The predicted octanol–water partition coefficient (Wildman–Crippen LogP) is 3.00. The van der Waals surface area contributed by atoms with Crippen molar-refractivity contribution in [2.45, 2.75) is 19.9 Å². The van der Waals surface area contributed by atoms with Gasteiger partial charge in [0.2, 0.25) is 15.9 Å². The molecule has 0 heterocycles. The van der Waals surface area contributed by atoms with Gasteiger partial charge in [0, 0.05) is 5.02 Å². The molecular weight excluding hydrogens is 388 g/mol. The number of hydrogen-bond acceptors (Lipinski definition) is 4. The van der Waals surface area contributed by atoms with Gasteiger partial charge in [-0.3, -0.25) is 9.10 Å². The van der Waals surface area contributed by atoms with Crippen molar-refractivity contribution in [2.75, 3.05) is 23.7 Å². The van der Waals surface area contributed by atoms with Crippen molar-refractivity contribution in [3.8, 4) is 5.75 Å². The minimum absolute atomic E-state index is 0.259. The van der Waals surface area contributed by atoms with Crippen molar-refractivity contribution in [2.24, 2.45) is 0 Å². The van der Waals surface area contributed by atoms with Crippen molar-refractivity contribution in [1.82, 2.24) is 5.32 Å². The highest BCUT2D eigenvalue weighted by atomic mass is 35.5. The van der Waals surface area contributed by atoms with E-state index in [0.29, 0.717) is 10.7 Å². The highest BCUT2D eigenvalue weighted by Gasteiger charge is 2.28. The number of ether oxygens (including phenoxy) is 1. The second-order valence-electron chi connectivity index (χ2n) is 6.17. The zero-order valence-corrected chi connectivity index (χ0v) is 17.0. The van der Waals surface area contributed by atoms with Crippen LogP contribution in [0.5, 0.6) is 5.75 Å². The summed E-state index contributed by atoms with van der Waals surface area (Å²) in [5, 5.41) is 3.19. The number of carbonyl (C=O) groups excluding carboxylic acids is 1. The van der Waals surface area contributed by atoms with E-state index in [2.05, 4.69) is 5.32 Å². The normalized spacial score (nSPS) is 12.3. The Hall–Kier alpha value is -2.25. The van der Waals surface area contributed by atoms with E-state index in [0.717, 1.165) is 21.9 Å². The van der Waals surface area contributed by atoms with Crippen LogP contribution in [0.15, 0.2) is 48.5 Å². The molecule has 0 aliphatic rings. The molecule has 2 rings (SSSR count). The number of anilines is 1. The van der Waals surface area contributed by atoms with Gasteiger partial charge in [0.05, 0.1) is 18.5 Å². The molecule has 6 nitrogen and oxygen atoms in total. The Morgan fingerprint density at radius 3 is 2.48 bits per heavy atom. The number of amides is 1. The molecule has 0 aliphatic heterocycles. The topological polar surface area (TPSA) is 75.7 Å². The van der Waals surface area contributed by atoms with Crippen LogP contribution in [0, 0.1) is 6.92 Å². The molecule has 1 unspecified atom stereocenters. The summed E-state index contributed by atoms with van der Waals surface area (Å²) >= 11 is 5.86. The summed E-state index contributed by atoms with van der Waals surface area (Å²) in [4.78, 5) is 12.4. The Balaban J connectivity index is 1.97. The molecule has 8 heteroatoms. The lowest BCUT2D eigenvalue weighted by Crippen LogP contribution is -2.48. The Labute approximate surface area is 165 Å². The smallest absolute Gasteiger partial charge is 0.243 e. The summed E-state index contributed by atoms with van der Waals surface area (Å²) in [6, 6.07) is 13.0. The molecular formula is C19H23ClN2O4S. The van der Waals surface area contributed by atoms with Crippen LogP contribution in [0.1, 0.15) is 12.5 Å². The highest BCUT2D eigenvalue weighted by molar-refractivity contribution is 7.92. The van der Waals surface area contributed by atoms with Crippen molar-refractivity contribution in [3.05, 3.63) is 59.1 Å². The van der Waals surface area contributed by atoms with Gasteiger partial charge in [-0.25, -0.2) is 8.42 Å². The maximum absolute atomic E-state index is 12.4. The minimum atomic E-state index is -3.66. The number of carbonyl (C=O) groups is 1. The van der Waals surface area contributed by atoms with Crippen LogP contribution in [0.4, 0.5) is 5.69 Å². The molecule has 2 aromatic rings. The number of nitrogens with one attached hydrogen (secondary N) is 1. The van der Waals surface area contributed by atoms with Gasteiger partial charge in [0.25, 0.3) is 0 Å².